The van der Waals surface area contributed by atoms with E-state index >= 15 is 4.39 Å². The number of halogens is 4. The van der Waals surface area contributed by atoms with Crippen molar-refractivity contribution in [1.29, 1.82) is 0 Å². The van der Waals surface area contributed by atoms with Crippen molar-refractivity contribution < 1.29 is 23.4 Å². The molecule has 3 aromatic carbocycles. The highest BCUT2D eigenvalue weighted by Crippen LogP contribution is 2.43. The number of morpholine rings is 1. The summed E-state index contributed by atoms with van der Waals surface area (Å²) < 4.78 is 31.7. The lowest BCUT2D eigenvalue weighted by atomic mass is 9.84. The second kappa shape index (κ2) is 8.69. The molecular formula is C24H17Cl3FNO4. The van der Waals surface area contributed by atoms with Gasteiger partial charge in [-0.1, -0.05) is 53.0 Å². The molecule has 3 aromatic rings. The van der Waals surface area contributed by atoms with E-state index in [0.717, 1.165) is 0 Å². The maximum atomic E-state index is 15.1. The monoisotopic (exact) mass is 507 g/mol. The number of carbonyl (C=O) groups is 1. The van der Waals surface area contributed by atoms with Gasteiger partial charge in [0, 0.05) is 26.2 Å². The molecule has 5 rings (SSSR count). The first-order valence-electron chi connectivity index (χ1n) is 10.1. The molecule has 2 heterocycles. The topological polar surface area (TPSA) is 48.0 Å². The Morgan fingerprint density at radius 1 is 0.939 bits per heavy atom. The number of ether oxygens (including phenoxy) is 3. The lowest BCUT2D eigenvalue weighted by Crippen LogP contribution is -2.55. The second-order valence-electron chi connectivity index (χ2n) is 7.74. The molecule has 2 aliphatic rings. The van der Waals surface area contributed by atoms with Crippen LogP contribution in [-0.2, 0) is 10.3 Å². The standard InChI is InChI=1S/C24H17Cl3FNO4/c25-16-4-2-15(3-5-16)24(18-7-6-17(26)10-19(18)27)12-29(11-22(28)33-24)23(30)14-1-8-20-21(9-14)32-13-31-20/h1-10,22H,11-13H2. The van der Waals surface area contributed by atoms with Gasteiger partial charge in [0.25, 0.3) is 5.91 Å². The van der Waals surface area contributed by atoms with E-state index in [1.54, 1.807) is 60.7 Å². The number of benzene rings is 3. The summed E-state index contributed by atoms with van der Waals surface area (Å²) >= 11 is 18.7. The second-order valence-corrected chi connectivity index (χ2v) is 9.02. The Morgan fingerprint density at radius 3 is 2.42 bits per heavy atom. The number of hydrogen-bond donors (Lipinski definition) is 0. The lowest BCUT2D eigenvalue weighted by molar-refractivity contribution is -0.179. The Morgan fingerprint density at radius 2 is 1.67 bits per heavy atom. The minimum atomic E-state index is -1.76. The van der Waals surface area contributed by atoms with Crippen molar-refractivity contribution in [2.24, 2.45) is 0 Å². The van der Waals surface area contributed by atoms with E-state index in [2.05, 4.69) is 0 Å². The van der Waals surface area contributed by atoms with E-state index in [1.807, 2.05) is 0 Å². The van der Waals surface area contributed by atoms with Gasteiger partial charge in [-0.3, -0.25) is 4.79 Å². The number of amides is 1. The van der Waals surface area contributed by atoms with Crippen LogP contribution in [-0.4, -0.2) is 37.0 Å². The van der Waals surface area contributed by atoms with Gasteiger partial charge in [-0.05, 0) is 48.0 Å². The molecule has 2 atom stereocenters. The number of alkyl halides is 1. The minimum Gasteiger partial charge on any atom is -0.454 e. The van der Waals surface area contributed by atoms with Crippen LogP contribution in [0, 0.1) is 0 Å². The Kier molecular flexibility index (Phi) is 5.87. The third-order valence-corrected chi connectivity index (χ3v) is 6.49. The van der Waals surface area contributed by atoms with Crippen LogP contribution in [0.2, 0.25) is 15.1 Å². The van der Waals surface area contributed by atoms with E-state index < -0.39 is 12.0 Å². The van der Waals surface area contributed by atoms with Gasteiger partial charge in [0.15, 0.2) is 11.5 Å². The first kappa shape index (κ1) is 22.3. The summed E-state index contributed by atoms with van der Waals surface area (Å²) in [5.41, 5.74) is 0.0554. The largest absolute Gasteiger partial charge is 0.454 e. The molecule has 1 fully saturated rings. The van der Waals surface area contributed by atoms with Crippen molar-refractivity contribution in [3.05, 3.63) is 92.4 Å². The molecule has 9 heteroatoms. The Balaban J connectivity index is 1.58. The maximum Gasteiger partial charge on any atom is 0.254 e. The molecule has 0 bridgehead atoms. The highest BCUT2D eigenvalue weighted by atomic mass is 35.5. The Labute approximate surface area is 204 Å². The predicted molar refractivity (Wildman–Crippen MR) is 123 cm³/mol. The van der Waals surface area contributed by atoms with Gasteiger partial charge in [0.2, 0.25) is 13.2 Å². The van der Waals surface area contributed by atoms with Gasteiger partial charge >= 0.3 is 0 Å². The van der Waals surface area contributed by atoms with E-state index in [1.165, 1.54) is 4.90 Å². The zero-order valence-electron chi connectivity index (χ0n) is 17.1. The van der Waals surface area contributed by atoms with Crippen molar-refractivity contribution in [3.63, 3.8) is 0 Å². The summed E-state index contributed by atoms with van der Waals surface area (Å²) in [6.45, 7) is -0.136. The van der Waals surface area contributed by atoms with Gasteiger partial charge in [-0.25, -0.2) is 4.39 Å². The molecule has 2 unspecified atom stereocenters. The first-order valence-corrected chi connectivity index (χ1v) is 11.2. The number of hydrogen-bond acceptors (Lipinski definition) is 4. The molecule has 1 saturated heterocycles. The number of rotatable bonds is 3. The van der Waals surface area contributed by atoms with Crippen LogP contribution in [0.25, 0.3) is 0 Å². The van der Waals surface area contributed by atoms with Gasteiger partial charge in [0.1, 0.15) is 5.60 Å². The van der Waals surface area contributed by atoms with Gasteiger partial charge < -0.3 is 19.1 Å². The molecule has 2 aliphatic heterocycles. The highest BCUT2D eigenvalue weighted by Gasteiger charge is 2.46. The molecule has 0 aromatic heterocycles. The number of fused-ring (bicyclic) bond motifs is 1. The van der Waals surface area contributed by atoms with Gasteiger partial charge in [0.05, 0.1) is 13.1 Å². The molecule has 1 amide bonds. The molecule has 0 saturated carbocycles. The maximum absolute atomic E-state index is 15.1. The Bertz CT molecular complexity index is 1220. The van der Waals surface area contributed by atoms with Crippen LogP contribution < -0.4 is 9.47 Å². The fourth-order valence-corrected chi connectivity index (χ4v) is 4.85. The van der Waals surface area contributed by atoms with Crippen LogP contribution in [0.4, 0.5) is 4.39 Å². The number of carbonyl (C=O) groups excluding carboxylic acids is 1. The third-order valence-electron chi connectivity index (χ3n) is 5.69. The molecule has 33 heavy (non-hydrogen) atoms. The predicted octanol–water partition coefficient (Wildman–Crippen LogP) is 6.09. The van der Waals surface area contributed by atoms with E-state index in [-0.39, 0.29) is 25.8 Å². The van der Waals surface area contributed by atoms with E-state index in [9.17, 15) is 4.79 Å². The van der Waals surface area contributed by atoms with Crippen LogP contribution in [0.15, 0.2) is 60.7 Å². The summed E-state index contributed by atoms with van der Waals surface area (Å²) in [5, 5.41) is 1.23. The van der Waals surface area contributed by atoms with Crippen molar-refractivity contribution in [1.82, 2.24) is 4.90 Å². The summed E-state index contributed by atoms with van der Waals surface area (Å²) in [4.78, 5) is 14.8. The van der Waals surface area contributed by atoms with Crippen LogP contribution in [0.3, 0.4) is 0 Å². The zero-order chi connectivity index (χ0) is 23.2. The molecule has 0 aliphatic carbocycles. The zero-order valence-corrected chi connectivity index (χ0v) is 19.3. The molecule has 0 spiro atoms. The van der Waals surface area contributed by atoms with Gasteiger partial charge in [-0.15, -0.1) is 0 Å². The summed E-state index contributed by atoms with van der Waals surface area (Å²) in [6.07, 6.45) is -1.76. The SMILES string of the molecule is O=C(c1ccc2c(c1)OCO2)N1CC(F)OC(c2ccc(Cl)cc2)(c2ccc(Cl)cc2Cl)C1. The fourth-order valence-electron chi connectivity index (χ4n) is 4.17. The van der Waals surface area contributed by atoms with Crippen LogP contribution in [0.5, 0.6) is 11.5 Å². The molecule has 0 radical (unpaired) electrons. The van der Waals surface area contributed by atoms with Crippen LogP contribution >= 0.6 is 34.8 Å². The highest BCUT2D eigenvalue weighted by molar-refractivity contribution is 6.35. The average molecular weight is 509 g/mol. The molecule has 170 valence electrons. The number of nitrogens with zero attached hydrogens (tertiary/aromatic N) is 1. The molecular weight excluding hydrogens is 492 g/mol. The quantitative estimate of drug-likeness (QED) is 0.430. The molecule has 5 nitrogen and oxygen atoms in total. The van der Waals surface area contributed by atoms with Crippen molar-refractivity contribution in [3.8, 4) is 11.5 Å². The lowest BCUT2D eigenvalue weighted by Gasteiger charge is -2.45. The third kappa shape index (κ3) is 4.13. The van der Waals surface area contributed by atoms with Crippen molar-refractivity contribution >= 4 is 40.7 Å². The van der Waals surface area contributed by atoms with Crippen molar-refractivity contribution in [2.45, 2.75) is 12.0 Å². The van der Waals surface area contributed by atoms with Gasteiger partial charge in [-0.2, -0.15) is 0 Å². The Hall–Kier alpha value is -2.51. The van der Waals surface area contributed by atoms with Crippen LogP contribution in [0.1, 0.15) is 21.5 Å². The normalized spacial score (nSPS) is 21.8. The smallest absolute Gasteiger partial charge is 0.254 e. The average Bonchev–Trinajstić information content (AvgIpc) is 3.26. The fraction of sp³-hybridized carbons (Fsp3) is 0.208. The summed E-state index contributed by atoms with van der Waals surface area (Å²) in [7, 11) is 0. The molecule has 0 N–H and O–H groups in total. The minimum absolute atomic E-state index is 0.0175. The van der Waals surface area contributed by atoms with E-state index in [0.29, 0.717) is 43.3 Å². The summed E-state index contributed by atoms with van der Waals surface area (Å²) in [5.74, 6) is 0.652. The van der Waals surface area contributed by atoms with E-state index in [4.69, 9.17) is 49.0 Å². The summed E-state index contributed by atoms with van der Waals surface area (Å²) in [6, 6.07) is 16.6. The van der Waals surface area contributed by atoms with Crippen molar-refractivity contribution in [2.75, 3.05) is 19.9 Å². The first-order chi connectivity index (χ1) is 15.9.